The summed E-state index contributed by atoms with van der Waals surface area (Å²) in [5.41, 5.74) is 2.67. The average Bonchev–Trinajstić information content (AvgIpc) is 2.98. The summed E-state index contributed by atoms with van der Waals surface area (Å²) in [6.45, 7) is 0.867. The zero-order chi connectivity index (χ0) is 14.7. The highest BCUT2D eigenvalue weighted by Gasteiger charge is 2.16. The van der Waals surface area contributed by atoms with Crippen LogP contribution in [0.3, 0.4) is 0 Å². The molecule has 21 heavy (non-hydrogen) atoms. The Morgan fingerprint density at radius 3 is 2.95 bits per heavy atom. The summed E-state index contributed by atoms with van der Waals surface area (Å²) in [6.07, 6.45) is 6.29. The Morgan fingerprint density at radius 1 is 1.29 bits per heavy atom. The van der Waals surface area contributed by atoms with Gasteiger partial charge in [0.25, 0.3) is 0 Å². The van der Waals surface area contributed by atoms with E-state index in [9.17, 15) is 4.39 Å². The third-order valence-corrected chi connectivity index (χ3v) is 3.81. The van der Waals surface area contributed by atoms with Crippen LogP contribution in [0.1, 0.15) is 23.5 Å². The number of aromatic nitrogens is 2. The molecule has 2 heterocycles. The minimum absolute atomic E-state index is 0.139. The van der Waals surface area contributed by atoms with Crippen molar-refractivity contribution in [2.24, 2.45) is 0 Å². The third kappa shape index (κ3) is 2.81. The molecule has 0 fully saturated rings. The molecule has 2 aromatic heterocycles. The maximum atomic E-state index is 14.2. The summed E-state index contributed by atoms with van der Waals surface area (Å²) in [5, 5.41) is 4.07. The molecule has 3 rings (SSSR count). The zero-order valence-electron chi connectivity index (χ0n) is 11.9. The lowest BCUT2D eigenvalue weighted by molar-refractivity contribution is 0.624. The lowest BCUT2D eigenvalue weighted by Gasteiger charge is -2.18. The number of hydrogen-bond acceptors (Lipinski definition) is 2. The summed E-state index contributed by atoms with van der Waals surface area (Å²) in [7, 11) is 1.93. The Labute approximate surface area is 123 Å². The molecular weight excluding hydrogens is 265 g/mol. The van der Waals surface area contributed by atoms with Crippen molar-refractivity contribution in [3.63, 3.8) is 0 Å². The van der Waals surface area contributed by atoms with Gasteiger partial charge in [-0.25, -0.2) is 4.39 Å². The summed E-state index contributed by atoms with van der Waals surface area (Å²) < 4.78 is 14.2. The van der Waals surface area contributed by atoms with E-state index >= 15 is 0 Å². The predicted octanol–water partition coefficient (Wildman–Crippen LogP) is 3.44. The van der Waals surface area contributed by atoms with E-state index in [-0.39, 0.29) is 11.7 Å². The SMILES string of the molecule is CNCCC(c1cccnc1)c1cc(F)c2[nH]ccc2c1. The van der Waals surface area contributed by atoms with Gasteiger partial charge in [-0.2, -0.15) is 0 Å². The standard InChI is InChI=1S/C17H18FN3/c1-19-7-5-15(13-3-2-6-20-11-13)14-9-12-4-8-21-17(12)16(18)10-14/h2-4,6,8-11,15,19,21H,5,7H2,1H3. The van der Waals surface area contributed by atoms with Crippen LogP contribution in [0, 0.1) is 5.82 Å². The quantitative estimate of drug-likeness (QED) is 0.753. The number of pyridine rings is 1. The van der Waals surface area contributed by atoms with Crippen LogP contribution in [0.5, 0.6) is 0 Å². The van der Waals surface area contributed by atoms with Gasteiger partial charge in [0, 0.05) is 29.9 Å². The van der Waals surface area contributed by atoms with Gasteiger partial charge in [0.15, 0.2) is 0 Å². The fourth-order valence-corrected chi connectivity index (χ4v) is 2.75. The topological polar surface area (TPSA) is 40.7 Å². The molecule has 2 N–H and O–H groups in total. The second kappa shape index (κ2) is 6.06. The maximum absolute atomic E-state index is 14.2. The van der Waals surface area contributed by atoms with Crippen molar-refractivity contribution >= 4 is 10.9 Å². The van der Waals surface area contributed by atoms with Gasteiger partial charge in [-0.3, -0.25) is 4.98 Å². The first-order valence-corrected chi connectivity index (χ1v) is 7.10. The van der Waals surface area contributed by atoms with Gasteiger partial charge in [-0.15, -0.1) is 0 Å². The van der Waals surface area contributed by atoms with Gasteiger partial charge in [-0.05, 0) is 55.4 Å². The van der Waals surface area contributed by atoms with Crippen LogP contribution in [0.2, 0.25) is 0 Å². The van der Waals surface area contributed by atoms with Crippen LogP contribution in [0.15, 0.2) is 48.9 Å². The molecule has 3 nitrogen and oxygen atoms in total. The predicted molar refractivity (Wildman–Crippen MR) is 82.9 cm³/mol. The summed E-state index contributed by atoms with van der Waals surface area (Å²) in [4.78, 5) is 7.13. The number of aromatic amines is 1. The molecule has 108 valence electrons. The first-order chi connectivity index (χ1) is 10.3. The Morgan fingerprint density at radius 2 is 2.19 bits per heavy atom. The fourth-order valence-electron chi connectivity index (χ4n) is 2.75. The van der Waals surface area contributed by atoms with E-state index in [1.807, 2.05) is 31.4 Å². The van der Waals surface area contributed by atoms with Crippen molar-refractivity contribution in [1.82, 2.24) is 15.3 Å². The van der Waals surface area contributed by atoms with Crippen molar-refractivity contribution in [2.75, 3.05) is 13.6 Å². The monoisotopic (exact) mass is 283 g/mol. The molecule has 1 atom stereocenters. The smallest absolute Gasteiger partial charge is 0.147 e. The number of hydrogen-bond donors (Lipinski definition) is 2. The summed E-state index contributed by atoms with van der Waals surface area (Å²) in [6, 6.07) is 9.56. The molecule has 0 aliphatic carbocycles. The number of nitrogens with one attached hydrogen (secondary N) is 2. The van der Waals surface area contributed by atoms with Crippen molar-refractivity contribution in [3.05, 3.63) is 65.9 Å². The molecule has 4 heteroatoms. The summed E-state index contributed by atoms with van der Waals surface area (Å²) >= 11 is 0. The highest BCUT2D eigenvalue weighted by atomic mass is 19.1. The molecule has 0 bridgehead atoms. The van der Waals surface area contributed by atoms with E-state index in [0.717, 1.165) is 29.5 Å². The van der Waals surface area contributed by atoms with E-state index in [0.29, 0.717) is 5.52 Å². The Bertz CT molecular complexity index is 721. The lowest BCUT2D eigenvalue weighted by atomic mass is 9.89. The molecule has 1 aromatic carbocycles. The van der Waals surface area contributed by atoms with E-state index in [1.54, 1.807) is 18.5 Å². The van der Waals surface area contributed by atoms with Crippen molar-refractivity contribution in [3.8, 4) is 0 Å². The molecule has 0 radical (unpaired) electrons. The molecule has 0 aliphatic rings. The average molecular weight is 283 g/mol. The Balaban J connectivity index is 2.05. The molecular formula is C17H18FN3. The van der Waals surface area contributed by atoms with Gasteiger partial charge in [0.2, 0.25) is 0 Å². The largest absolute Gasteiger partial charge is 0.359 e. The highest BCUT2D eigenvalue weighted by Crippen LogP contribution is 2.30. The van der Waals surface area contributed by atoms with E-state index < -0.39 is 0 Å². The van der Waals surface area contributed by atoms with Crippen molar-refractivity contribution in [2.45, 2.75) is 12.3 Å². The molecule has 0 saturated carbocycles. The van der Waals surface area contributed by atoms with Crippen LogP contribution < -0.4 is 5.32 Å². The second-order valence-corrected chi connectivity index (χ2v) is 5.18. The number of nitrogens with zero attached hydrogens (tertiary/aromatic N) is 1. The molecule has 0 amide bonds. The van der Waals surface area contributed by atoms with Gasteiger partial charge in [-0.1, -0.05) is 6.07 Å². The number of fused-ring (bicyclic) bond motifs is 1. The summed E-state index contributed by atoms with van der Waals surface area (Å²) in [5.74, 6) is -0.0641. The number of halogens is 1. The van der Waals surface area contributed by atoms with E-state index in [4.69, 9.17) is 0 Å². The number of benzene rings is 1. The number of rotatable bonds is 5. The van der Waals surface area contributed by atoms with Crippen molar-refractivity contribution in [1.29, 1.82) is 0 Å². The maximum Gasteiger partial charge on any atom is 0.147 e. The Kier molecular flexibility index (Phi) is 3.97. The van der Waals surface area contributed by atoms with Crippen LogP contribution >= 0.6 is 0 Å². The Hall–Kier alpha value is -2.20. The van der Waals surface area contributed by atoms with Gasteiger partial charge >= 0.3 is 0 Å². The third-order valence-electron chi connectivity index (χ3n) is 3.81. The fraction of sp³-hybridized carbons (Fsp3) is 0.235. The minimum Gasteiger partial charge on any atom is -0.359 e. The van der Waals surface area contributed by atoms with Gasteiger partial charge < -0.3 is 10.3 Å². The zero-order valence-corrected chi connectivity index (χ0v) is 11.9. The van der Waals surface area contributed by atoms with Crippen LogP contribution in [0.25, 0.3) is 10.9 Å². The highest BCUT2D eigenvalue weighted by molar-refractivity contribution is 5.80. The normalized spacial score (nSPS) is 12.7. The second-order valence-electron chi connectivity index (χ2n) is 5.18. The molecule has 0 aliphatic heterocycles. The molecule has 1 unspecified atom stereocenters. The first-order valence-electron chi connectivity index (χ1n) is 7.10. The molecule has 3 aromatic rings. The van der Waals surface area contributed by atoms with Crippen LogP contribution in [-0.2, 0) is 0 Å². The lowest BCUT2D eigenvalue weighted by Crippen LogP contribution is -2.13. The number of H-pyrrole nitrogens is 1. The van der Waals surface area contributed by atoms with Crippen LogP contribution in [0.4, 0.5) is 4.39 Å². The van der Waals surface area contributed by atoms with Gasteiger partial charge in [0.1, 0.15) is 5.82 Å². The first kappa shape index (κ1) is 13.8. The minimum atomic E-state index is -0.203. The van der Waals surface area contributed by atoms with E-state index in [1.165, 1.54) is 0 Å². The molecule has 0 spiro atoms. The van der Waals surface area contributed by atoms with Crippen LogP contribution in [-0.4, -0.2) is 23.6 Å². The molecule has 0 saturated heterocycles. The van der Waals surface area contributed by atoms with Crippen molar-refractivity contribution < 1.29 is 4.39 Å². The van der Waals surface area contributed by atoms with E-state index in [2.05, 4.69) is 21.4 Å². The van der Waals surface area contributed by atoms with Gasteiger partial charge in [0.05, 0.1) is 5.52 Å².